The van der Waals surface area contributed by atoms with Crippen molar-refractivity contribution in [2.75, 3.05) is 12.4 Å². The lowest BCUT2D eigenvalue weighted by Gasteiger charge is -2.30. The van der Waals surface area contributed by atoms with Crippen LogP contribution in [0.2, 0.25) is 0 Å². The highest BCUT2D eigenvalue weighted by Crippen LogP contribution is 2.39. The summed E-state index contributed by atoms with van der Waals surface area (Å²) >= 11 is 0. The molecule has 0 spiro atoms. The minimum absolute atomic E-state index is 0.334. The Morgan fingerprint density at radius 1 is 1.20 bits per heavy atom. The van der Waals surface area contributed by atoms with Gasteiger partial charge in [0.25, 0.3) is 0 Å². The average Bonchev–Trinajstić information content (AvgIpc) is 3.32. The first-order valence-electron chi connectivity index (χ1n) is 8.03. The minimum atomic E-state index is 0.334. The van der Waals surface area contributed by atoms with Gasteiger partial charge in [0.05, 0.1) is 0 Å². The van der Waals surface area contributed by atoms with Crippen molar-refractivity contribution in [1.29, 1.82) is 0 Å². The molecular weight excluding hydrogens is 250 g/mol. The second-order valence-corrected chi connectivity index (χ2v) is 6.08. The molecule has 2 fully saturated rings. The largest absolute Gasteiger partial charge is 0.474 e. The minimum Gasteiger partial charge on any atom is -0.474 e. The fraction of sp³-hybridized carbons (Fsp3) is 0.750. The van der Waals surface area contributed by atoms with Crippen LogP contribution in [-0.2, 0) is 0 Å². The third-order valence-electron chi connectivity index (χ3n) is 4.55. The predicted molar refractivity (Wildman–Crippen MR) is 80.2 cm³/mol. The van der Waals surface area contributed by atoms with E-state index in [1.807, 2.05) is 13.1 Å². The molecule has 0 bridgehead atoms. The normalized spacial score (nSPS) is 26.3. The monoisotopic (exact) mass is 275 g/mol. The summed E-state index contributed by atoms with van der Waals surface area (Å²) in [5.74, 6) is 3.83. The van der Waals surface area contributed by atoms with Gasteiger partial charge in [-0.1, -0.05) is 13.3 Å². The maximum atomic E-state index is 6.23. The van der Waals surface area contributed by atoms with Gasteiger partial charge in [-0.05, 0) is 44.4 Å². The topological polar surface area (TPSA) is 47.0 Å². The van der Waals surface area contributed by atoms with E-state index in [0.717, 1.165) is 23.9 Å². The lowest BCUT2D eigenvalue weighted by atomic mass is 9.85. The maximum absolute atomic E-state index is 6.23. The van der Waals surface area contributed by atoms with Gasteiger partial charge in [-0.15, -0.1) is 0 Å². The molecule has 2 saturated carbocycles. The molecule has 0 saturated heterocycles. The van der Waals surface area contributed by atoms with Crippen LogP contribution in [0.1, 0.15) is 63.6 Å². The molecule has 1 N–H and O–H groups in total. The van der Waals surface area contributed by atoms with Gasteiger partial charge >= 0.3 is 0 Å². The fourth-order valence-electron chi connectivity index (χ4n) is 3.11. The first-order chi connectivity index (χ1) is 9.80. The third kappa shape index (κ3) is 3.05. The molecule has 4 heteroatoms. The third-order valence-corrected chi connectivity index (χ3v) is 4.55. The van der Waals surface area contributed by atoms with E-state index in [1.54, 1.807) is 0 Å². The summed E-state index contributed by atoms with van der Waals surface area (Å²) in [6.45, 7) is 2.26. The lowest BCUT2D eigenvalue weighted by Crippen LogP contribution is -2.30. The van der Waals surface area contributed by atoms with Crippen molar-refractivity contribution in [3.05, 3.63) is 11.9 Å². The second-order valence-electron chi connectivity index (χ2n) is 6.08. The number of nitrogens with zero attached hydrogens (tertiary/aromatic N) is 2. The Morgan fingerprint density at radius 2 is 2.00 bits per heavy atom. The number of rotatable bonds is 5. The molecule has 0 aromatic carbocycles. The fourth-order valence-corrected chi connectivity index (χ4v) is 3.11. The van der Waals surface area contributed by atoms with E-state index in [1.165, 1.54) is 38.5 Å². The molecule has 2 aliphatic rings. The first kappa shape index (κ1) is 13.7. The van der Waals surface area contributed by atoms with Crippen molar-refractivity contribution < 1.29 is 4.74 Å². The van der Waals surface area contributed by atoms with E-state index in [9.17, 15) is 0 Å². The van der Waals surface area contributed by atoms with Crippen molar-refractivity contribution >= 4 is 5.82 Å². The predicted octanol–water partition coefficient (Wildman–Crippen LogP) is 3.74. The molecule has 0 amide bonds. The van der Waals surface area contributed by atoms with Crippen LogP contribution in [0.4, 0.5) is 5.82 Å². The van der Waals surface area contributed by atoms with Gasteiger partial charge < -0.3 is 10.1 Å². The SMILES string of the molecule is CCC1CCCCC1Oc1cc(NC)nc(C2CC2)n1. The van der Waals surface area contributed by atoms with Crippen LogP contribution < -0.4 is 10.1 Å². The van der Waals surface area contributed by atoms with E-state index < -0.39 is 0 Å². The Labute approximate surface area is 121 Å². The van der Waals surface area contributed by atoms with Crippen LogP contribution in [0, 0.1) is 5.92 Å². The zero-order valence-corrected chi connectivity index (χ0v) is 12.6. The average molecular weight is 275 g/mol. The molecule has 1 heterocycles. The van der Waals surface area contributed by atoms with E-state index in [2.05, 4.69) is 22.2 Å². The Bertz CT molecular complexity index is 459. The van der Waals surface area contributed by atoms with Crippen molar-refractivity contribution in [3.63, 3.8) is 0 Å². The summed E-state index contributed by atoms with van der Waals surface area (Å²) in [5, 5.41) is 3.12. The van der Waals surface area contributed by atoms with Gasteiger partial charge in [0.2, 0.25) is 5.88 Å². The van der Waals surface area contributed by atoms with Gasteiger partial charge in [0.15, 0.2) is 0 Å². The summed E-state index contributed by atoms with van der Waals surface area (Å²) in [7, 11) is 1.90. The Morgan fingerprint density at radius 3 is 2.70 bits per heavy atom. The first-order valence-corrected chi connectivity index (χ1v) is 8.03. The molecule has 0 aliphatic heterocycles. The lowest BCUT2D eigenvalue weighted by molar-refractivity contribution is 0.0855. The van der Waals surface area contributed by atoms with Crippen molar-refractivity contribution in [1.82, 2.24) is 9.97 Å². The van der Waals surface area contributed by atoms with E-state index in [0.29, 0.717) is 17.9 Å². The van der Waals surface area contributed by atoms with Crippen LogP contribution in [0.3, 0.4) is 0 Å². The summed E-state index contributed by atoms with van der Waals surface area (Å²) in [5.41, 5.74) is 0. The highest BCUT2D eigenvalue weighted by atomic mass is 16.5. The standard InChI is InChI=1S/C16H25N3O/c1-3-11-6-4-5-7-13(11)20-15-10-14(17-2)18-16(19-15)12-8-9-12/h10-13H,3-9H2,1-2H3,(H,17,18,19). The van der Waals surface area contributed by atoms with Gasteiger partial charge in [-0.2, -0.15) is 4.98 Å². The zero-order valence-electron chi connectivity index (χ0n) is 12.6. The molecule has 4 nitrogen and oxygen atoms in total. The molecular formula is C16H25N3O. The summed E-state index contributed by atoms with van der Waals surface area (Å²) in [6.07, 6.45) is 9.04. The molecule has 0 radical (unpaired) electrons. The van der Waals surface area contributed by atoms with E-state index >= 15 is 0 Å². The molecule has 2 unspecified atom stereocenters. The highest BCUT2D eigenvalue weighted by molar-refractivity contribution is 5.38. The van der Waals surface area contributed by atoms with Crippen molar-refractivity contribution in [2.45, 2.75) is 63.9 Å². The number of anilines is 1. The molecule has 2 aliphatic carbocycles. The van der Waals surface area contributed by atoms with Crippen LogP contribution in [0.15, 0.2) is 6.07 Å². The molecule has 2 atom stereocenters. The smallest absolute Gasteiger partial charge is 0.219 e. The van der Waals surface area contributed by atoms with Crippen molar-refractivity contribution in [3.8, 4) is 5.88 Å². The Kier molecular flexibility index (Phi) is 4.08. The van der Waals surface area contributed by atoms with Gasteiger partial charge in [-0.25, -0.2) is 4.98 Å². The quantitative estimate of drug-likeness (QED) is 0.889. The van der Waals surface area contributed by atoms with Gasteiger partial charge in [-0.3, -0.25) is 0 Å². The Balaban J connectivity index is 1.76. The van der Waals surface area contributed by atoms with Gasteiger partial charge in [0.1, 0.15) is 17.7 Å². The summed E-state index contributed by atoms with van der Waals surface area (Å²) < 4.78 is 6.23. The number of hydrogen-bond donors (Lipinski definition) is 1. The maximum Gasteiger partial charge on any atom is 0.219 e. The zero-order chi connectivity index (χ0) is 13.9. The van der Waals surface area contributed by atoms with E-state index in [-0.39, 0.29) is 0 Å². The summed E-state index contributed by atoms with van der Waals surface area (Å²) in [4.78, 5) is 9.18. The van der Waals surface area contributed by atoms with Gasteiger partial charge in [0, 0.05) is 19.0 Å². The molecule has 1 aromatic rings. The summed E-state index contributed by atoms with van der Waals surface area (Å²) in [6, 6.07) is 1.94. The van der Waals surface area contributed by atoms with Crippen molar-refractivity contribution in [2.24, 2.45) is 5.92 Å². The van der Waals surface area contributed by atoms with E-state index in [4.69, 9.17) is 4.74 Å². The Hall–Kier alpha value is -1.32. The molecule has 3 rings (SSSR count). The number of aromatic nitrogens is 2. The van der Waals surface area contributed by atoms with Crippen LogP contribution in [0.25, 0.3) is 0 Å². The second kappa shape index (κ2) is 5.98. The van der Waals surface area contributed by atoms with Crippen LogP contribution >= 0.6 is 0 Å². The van der Waals surface area contributed by atoms with Crippen LogP contribution in [0.5, 0.6) is 5.88 Å². The number of ether oxygens (including phenoxy) is 1. The highest BCUT2D eigenvalue weighted by Gasteiger charge is 2.29. The molecule has 110 valence electrons. The molecule has 20 heavy (non-hydrogen) atoms. The van der Waals surface area contributed by atoms with Crippen LogP contribution in [-0.4, -0.2) is 23.1 Å². The number of hydrogen-bond acceptors (Lipinski definition) is 4. The molecule has 1 aromatic heterocycles. The number of nitrogens with one attached hydrogen (secondary N) is 1.